The molecule has 2 heterocycles. The zero-order valence-electron chi connectivity index (χ0n) is 29.4. The Morgan fingerprint density at radius 2 is 0.980 bits per heavy atom. The number of rotatable bonds is 21. The molecule has 4 aromatic rings. The minimum atomic E-state index is -0.637. The summed E-state index contributed by atoms with van der Waals surface area (Å²) in [5, 5.41) is 6.84. The fourth-order valence-corrected chi connectivity index (χ4v) is 6.16. The van der Waals surface area contributed by atoms with Gasteiger partial charge in [-0.15, -0.1) is 0 Å². The third kappa shape index (κ3) is 9.82. The first-order valence-corrected chi connectivity index (χ1v) is 17.4. The van der Waals surface area contributed by atoms with Crippen LogP contribution in [0.3, 0.4) is 0 Å². The Bertz CT molecular complexity index is 1600. The highest BCUT2D eigenvalue weighted by Crippen LogP contribution is 2.25. The summed E-state index contributed by atoms with van der Waals surface area (Å²) in [5.41, 5.74) is 15.3. The van der Waals surface area contributed by atoms with Crippen LogP contribution in [0.5, 0.6) is 0 Å². The number of aromatic amines is 2. The average Bonchev–Trinajstić information content (AvgIpc) is 3.83. The number of nitrogens with zero attached hydrogens (tertiary/aromatic N) is 2. The van der Waals surface area contributed by atoms with E-state index >= 15 is 0 Å². The number of amides is 2. The average molecular weight is 683 g/mol. The Morgan fingerprint density at radius 3 is 1.30 bits per heavy atom. The molecule has 0 aliphatic carbocycles. The van der Waals surface area contributed by atoms with Crippen LogP contribution in [0.15, 0.2) is 61.4 Å². The van der Waals surface area contributed by atoms with Gasteiger partial charge < -0.3 is 32.1 Å². The third-order valence-corrected chi connectivity index (χ3v) is 8.95. The number of carbonyl (C=O) groups is 4. The van der Waals surface area contributed by atoms with E-state index < -0.39 is 23.9 Å². The Morgan fingerprint density at radius 1 is 0.600 bits per heavy atom. The topological polar surface area (TPSA) is 202 Å². The maximum Gasteiger partial charge on any atom is 0.249 e. The number of unbranched alkanes of at least 4 members (excludes halogenated alkanes) is 5. The molecule has 2 atom stereocenters. The van der Waals surface area contributed by atoms with Crippen molar-refractivity contribution >= 4 is 23.4 Å². The van der Waals surface area contributed by atoms with Crippen LogP contribution < -0.4 is 22.1 Å². The molecule has 2 amide bonds. The van der Waals surface area contributed by atoms with Crippen LogP contribution in [0.4, 0.5) is 0 Å². The second kappa shape index (κ2) is 18.2. The molecule has 50 heavy (non-hydrogen) atoms. The summed E-state index contributed by atoms with van der Waals surface area (Å²) in [6, 6.07) is 9.21. The van der Waals surface area contributed by atoms with E-state index in [2.05, 4.69) is 30.6 Å². The summed E-state index contributed by atoms with van der Waals surface area (Å²) >= 11 is 0. The Hall–Kier alpha value is -4.94. The van der Waals surface area contributed by atoms with Crippen LogP contribution in [0.25, 0.3) is 22.5 Å². The normalized spacial score (nSPS) is 12.7. The van der Waals surface area contributed by atoms with Crippen molar-refractivity contribution < 1.29 is 19.2 Å². The van der Waals surface area contributed by atoms with Gasteiger partial charge in [0.1, 0.15) is 0 Å². The quantitative estimate of drug-likeness (QED) is 0.0502. The Balaban J connectivity index is 1.22. The number of aromatic nitrogens is 4. The molecule has 0 saturated carbocycles. The van der Waals surface area contributed by atoms with E-state index in [1.165, 1.54) is 0 Å². The lowest BCUT2D eigenvalue weighted by atomic mass is 9.90. The number of nitrogens with two attached hydrogens (primary N) is 2. The summed E-state index contributed by atoms with van der Waals surface area (Å²) in [7, 11) is 0. The van der Waals surface area contributed by atoms with Crippen LogP contribution in [-0.4, -0.2) is 68.5 Å². The molecule has 0 bridgehead atoms. The van der Waals surface area contributed by atoms with E-state index in [0.717, 1.165) is 61.0 Å². The molecule has 2 aromatic heterocycles. The predicted molar refractivity (Wildman–Crippen MR) is 195 cm³/mol. The molecule has 0 radical (unpaired) electrons. The van der Waals surface area contributed by atoms with Gasteiger partial charge in [0.15, 0.2) is 11.6 Å². The number of ketones is 2. The number of Topliss-reactive ketones (excluding diaryl/α,β-unsaturated/α-hetero) is 2. The van der Waals surface area contributed by atoms with Gasteiger partial charge in [0, 0.05) is 33.4 Å². The number of primary amides is 2. The van der Waals surface area contributed by atoms with Crippen LogP contribution in [0.1, 0.15) is 108 Å². The van der Waals surface area contributed by atoms with Crippen molar-refractivity contribution in [3.63, 3.8) is 0 Å². The van der Waals surface area contributed by atoms with E-state index in [0.29, 0.717) is 24.2 Å². The van der Waals surface area contributed by atoms with Crippen LogP contribution in [0, 0.1) is 11.8 Å². The fourth-order valence-electron chi connectivity index (χ4n) is 6.16. The van der Waals surface area contributed by atoms with Gasteiger partial charge in [-0.2, -0.15) is 0 Å². The van der Waals surface area contributed by atoms with E-state index in [1.807, 2.05) is 27.7 Å². The smallest absolute Gasteiger partial charge is 0.249 e. The van der Waals surface area contributed by atoms with Gasteiger partial charge >= 0.3 is 0 Å². The van der Waals surface area contributed by atoms with Gasteiger partial charge in [-0.05, 0) is 62.0 Å². The lowest BCUT2D eigenvalue weighted by Gasteiger charge is -2.23. The van der Waals surface area contributed by atoms with Crippen molar-refractivity contribution in [1.82, 2.24) is 30.6 Å². The number of benzene rings is 2. The highest BCUT2D eigenvalue weighted by Gasteiger charge is 2.28. The molecule has 2 aromatic carbocycles. The summed E-state index contributed by atoms with van der Waals surface area (Å²) in [6.45, 7) is 9.29. The fraction of sp³-hybridized carbons (Fsp3) is 0.421. The lowest BCUT2D eigenvalue weighted by Crippen LogP contribution is -2.42. The van der Waals surface area contributed by atoms with Crippen molar-refractivity contribution in [2.45, 2.75) is 78.3 Å². The highest BCUT2D eigenvalue weighted by molar-refractivity contribution is 6.11. The maximum absolute atomic E-state index is 13.7. The van der Waals surface area contributed by atoms with E-state index in [9.17, 15) is 19.2 Å². The van der Waals surface area contributed by atoms with Gasteiger partial charge in [0.2, 0.25) is 11.8 Å². The monoisotopic (exact) mass is 682 g/mol. The SMILES string of the molecule is CC(C)C(NCCCCCCCCNC(C(=O)c1cc(-c2cnc[nH]2)ccc1C(N)=O)C(C)C)C(=O)c1cc(-c2cnc[nH]2)ccc1C(N)=O. The molecule has 4 rings (SSSR count). The lowest BCUT2D eigenvalue weighted by molar-refractivity contribution is 0.0901. The first-order valence-electron chi connectivity index (χ1n) is 17.4. The second-order valence-electron chi connectivity index (χ2n) is 13.4. The largest absolute Gasteiger partial charge is 0.366 e. The van der Waals surface area contributed by atoms with Gasteiger partial charge in [-0.25, -0.2) is 9.97 Å². The zero-order chi connectivity index (χ0) is 36.2. The molecule has 12 nitrogen and oxygen atoms in total. The molecular weight excluding hydrogens is 632 g/mol. The van der Waals surface area contributed by atoms with Gasteiger partial charge in [-0.1, -0.05) is 65.5 Å². The van der Waals surface area contributed by atoms with E-state index in [-0.39, 0.29) is 34.5 Å². The first kappa shape index (κ1) is 37.9. The predicted octanol–water partition coefficient (Wildman–Crippen LogP) is 5.30. The third-order valence-electron chi connectivity index (χ3n) is 8.95. The van der Waals surface area contributed by atoms with Crippen LogP contribution in [-0.2, 0) is 0 Å². The molecule has 0 spiro atoms. The van der Waals surface area contributed by atoms with Crippen molar-refractivity contribution in [1.29, 1.82) is 0 Å². The summed E-state index contributed by atoms with van der Waals surface area (Å²) in [4.78, 5) is 65.9. The number of hydrogen-bond acceptors (Lipinski definition) is 8. The molecule has 2 unspecified atom stereocenters. The summed E-state index contributed by atoms with van der Waals surface area (Å²) < 4.78 is 0. The van der Waals surface area contributed by atoms with Gasteiger partial charge in [-0.3, -0.25) is 19.2 Å². The van der Waals surface area contributed by atoms with Crippen LogP contribution in [0.2, 0.25) is 0 Å². The molecule has 8 N–H and O–H groups in total. The molecule has 12 heteroatoms. The number of hydrogen-bond donors (Lipinski definition) is 6. The standard InChI is InChI=1S/C38H50N8O4/c1-23(2)33(35(47)29-17-25(31-19-41-21-45-31)11-13-27(29)37(39)49)43-15-9-7-5-6-8-10-16-44-34(24(3)4)36(48)30-18-26(32-20-42-22-46-32)12-14-28(30)38(40)50/h11-14,17-24,33-34,43-44H,5-10,15-16H2,1-4H3,(H2,39,49)(H2,40,50)(H,41,45)(H,42,46). The van der Waals surface area contributed by atoms with Crippen LogP contribution >= 0.6 is 0 Å². The van der Waals surface area contributed by atoms with Gasteiger partial charge in [0.05, 0.1) is 48.5 Å². The number of imidazole rings is 2. The van der Waals surface area contributed by atoms with E-state index in [4.69, 9.17) is 11.5 Å². The molecule has 0 fully saturated rings. The minimum Gasteiger partial charge on any atom is -0.366 e. The zero-order valence-corrected chi connectivity index (χ0v) is 29.4. The maximum atomic E-state index is 13.7. The minimum absolute atomic E-state index is 0.00991. The number of nitrogens with one attached hydrogen (secondary N) is 4. The number of H-pyrrole nitrogens is 2. The summed E-state index contributed by atoms with van der Waals surface area (Å²) in [6.07, 6.45) is 12.4. The van der Waals surface area contributed by atoms with Crippen molar-refractivity contribution in [3.05, 3.63) is 83.7 Å². The van der Waals surface area contributed by atoms with Crippen molar-refractivity contribution in [3.8, 4) is 22.5 Å². The molecular formula is C38H50N8O4. The van der Waals surface area contributed by atoms with Crippen molar-refractivity contribution in [2.75, 3.05) is 13.1 Å². The Kier molecular flexibility index (Phi) is 13.8. The van der Waals surface area contributed by atoms with E-state index in [1.54, 1.807) is 61.4 Å². The molecule has 266 valence electrons. The Labute approximate surface area is 293 Å². The highest BCUT2D eigenvalue weighted by atomic mass is 16.2. The number of carbonyl (C=O) groups excluding carboxylic acids is 4. The summed E-state index contributed by atoms with van der Waals surface area (Å²) in [5.74, 6) is -1.57. The van der Waals surface area contributed by atoms with Crippen molar-refractivity contribution in [2.24, 2.45) is 23.3 Å². The molecule has 0 aliphatic rings. The molecule has 0 aliphatic heterocycles. The molecule has 0 saturated heterocycles. The second-order valence-corrected chi connectivity index (χ2v) is 13.4. The first-order chi connectivity index (χ1) is 24.0. The van der Waals surface area contributed by atoms with Gasteiger partial charge in [0.25, 0.3) is 0 Å².